The summed E-state index contributed by atoms with van der Waals surface area (Å²) < 4.78 is 11.6. The highest BCUT2D eigenvalue weighted by Crippen LogP contribution is 2.35. The molecule has 0 saturated carbocycles. The van der Waals surface area contributed by atoms with E-state index in [2.05, 4.69) is 25.9 Å². The molecule has 3 aromatic carbocycles. The monoisotopic (exact) mass is 497 g/mol. The second kappa shape index (κ2) is 8.67. The summed E-state index contributed by atoms with van der Waals surface area (Å²) in [7, 11) is 0. The number of fused-ring (bicyclic) bond motifs is 1. The Kier molecular flexibility index (Phi) is 5.78. The molecule has 162 valence electrons. The molecule has 0 saturated heterocycles. The highest BCUT2D eigenvalue weighted by molar-refractivity contribution is 9.10. The number of nitro groups is 1. The standard InChI is InChI=1S/C22H16BrN3O6/c1-2-31-20-10-15(26(29)30)7-13(21(20)28)11-24-14-4-6-19-17(9-14)25-22(32-19)12-3-5-18(27)16(23)8-12/h3-11,27-28H,2H2,1H3. The van der Waals surface area contributed by atoms with Crippen molar-refractivity contribution in [3.05, 3.63) is 68.7 Å². The van der Waals surface area contributed by atoms with E-state index in [1.165, 1.54) is 24.4 Å². The Bertz CT molecular complexity index is 1370. The number of hydrogen-bond donors (Lipinski definition) is 2. The van der Waals surface area contributed by atoms with Crippen LogP contribution in [0.4, 0.5) is 11.4 Å². The number of nitrogens with zero attached hydrogens (tertiary/aromatic N) is 3. The zero-order valence-corrected chi connectivity index (χ0v) is 18.2. The maximum Gasteiger partial charge on any atom is 0.274 e. The highest BCUT2D eigenvalue weighted by Gasteiger charge is 2.16. The molecule has 0 amide bonds. The predicted octanol–water partition coefficient (Wildman–Crippen LogP) is 5.73. The number of ether oxygens (including phenoxy) is 1. The van der Waals surface area contributed by atoms with Crippen LogP contribution in [0.3, 0.4) is 0 Å². The van der Waals surface area contributed by atoms with Crippen LogP contribution in [0.2, 0.25) is 0 Å². The number of hydrogen-bond acceptors (Lipinski definition) is 8. The van der Waals surface area contributed by atoms with Gasteiger partial charge in [-0.05, 0) is 59.3 Å². The Labute approximate surface area is 189 Å². The number of nitro benzene ring substituents is 1. The van der Waals surface area contributed by atoms with Crippen LogP contribution >= 0.6 is 15.9 Å². The Hall–Kier alpha value is -3.92. The lowest BCUT2D eigenvalue weighted by Gasteiger charge is -2.07. The van der Waals surface area contributed by atoms with Gasteiger partial charge in [-0.3, -0.25) is 15.1 Å². The summed E-state index contributed by atoms with van der Waals surface area (Å²) in [4.78, 5) is 19.4. The predicted molar refractivity (Wildman–Crippen MR) is 122 cm³/mol. The number of benzene rings is 3. The van der Waals surface area contributed by atoms with Crippen LogP contribution < -0.4 is 4.74 Å². The van der Waals surface area contributed by atoms with Gasteiger partial charge in [-0.1, -0.05) is 0 Å². The molecule has 1 aromatic heterocycles. The quantitative estimate of drug-likeness (QED) is 0.197. The fourth-order valence-corrected chi connectivity index (χ4v) is 3.37. The van der Waals surface area contributed by atoms with E-state index in [1.807, 2.05) is 0 Å². The van der Waals surface area contributed by atoms with E-state index < -0.39 is 4.92 Å². The normalized spacial score (nSPS) is 11.3. The number of phenolic OH excluding ortho intramolecular Hbond substituents is 2. The lowest BCUT2D eigenvalue weighted by Crippen LogP contribution is -1.97. The van der Waals surface area contributed by atoms with Crippen LogP contribution in [0.1, 0.15) is 12.5 Å². The van der Waals surface area contributed by atoms with Gasteiger partial charge in [0.25, 0.3) is 5.69 Å². The molecule has 0 aliphatic rings. The van der Waals surface area contributed by atoms with Gasteiger partial charge in [0.15, 0.2) is 17.1 Å². The third-order valence-electron chi connectivity index (χ3n) is 4.52. The minimum Gasteiger partial charge on any atom is -0.507 e. The molecular formula is C22H16BrN3O6. The van der Waals surface area contributed by atoms with Crippen molar-refractivity contribution in [2.24, 2.45) is 4.99 Å². The maximum atomic E-state index is 11.2. The van der Waals surface area contributed by atoms with Crippen molar-refractivity contribution in [1.82, 2.24) is 4.98 Å². The van der Waals surface area contributed by atoms with Crippen molar-refractivity contribution in [3.8, 4) is 28.7 Å². The molecule has 0 atom stereocenters. The summed E-state index contributed by atoms with van der Waals surface area (Å²) in [5, 5.41) is 31.2. The molecule has 4 aromatic rings. The molecular weight excluding hydrogens is 482 g/mol. The van der Waals surface area contributed by atoms with Crippen LogP contribution in [-0.4, -0.2) is 32.9 Å². The number of aromatic nitrogens is 1. The molecule has 0 bridgehead atoms. The number of halogens is 1. The second-order valence-corrected chi connectivity index (χ2v) is 7.52. The fourth-order valence-electron chi connectivity index (χ4n) is 2.99. The lowest BCUT2D eigenvalue weighted by atomic mass is 10.1. The van der Waals surface area contributed by atoms with Crippen molar-refractivity contribution in [1.29, 1.82) is 0 Å². The largest absolute Gasteiger partial charge is 0.507 e. The SMILES string of the molecule is CCOc1cc([N+](=O)[O-])cc(C=Nc2ccc3oc(-c4ccc(O)c(Br)c4)nc3c2)c1O. The molecule has 0 unspecified atom stereocenters. The highest BCUT2D eigenvalue weighted by atomic mass is 79.9. The minimum atomic E-state index is -0.566. The van der Waals surface area contributed by atoms with Crippen LogP contribution in [0.25, 0.3) is 22.6 Å². The van der Waals surface area contributed by atoms with Gasteiger partial charge in [0.1, 0.15) is 11.3 Å². The molecule has 0 spiro atoms. The van der Waals surface area contributed by atoms with Crippen molar-refractivity contribution in [2.75, 3.05) is 6.61 Å². The van der Waals surface area contributed by atoms with Crippen LogP contribution in [-0.2, 0) is 0 Å². The van der Waals surface area contributed by atoms with E-state index >= 15 is 0 Å². The summed E-state index contributed by atoms with van der Waals surface area (Å²) in [6.45, 7) is 1.96. The van der Waals surface area contributed by atoms with Crippen molar-refractivity contribution in [3.63, 3.8) is 0 Å². The van der Waals surface area contributed by atoms with Crippen molar-refractivity contribution >= 4 is 44.6 Å². The fraction of sp³-hybridized carbons (Fsp3) is 0.0909. The van der Waals surface area contributed by atoms with Gasteiger partial charge in [-0.15, -0.1) is 0 Å². The van der Waals surface area contributed by atoms with Crippen LogP contribution in [0.5, 0.6) is 17.2 Å². The zero-order chi connectivity index (χ0) is 22.8. The molecule has 0 aliphatic heterocycles. The first-order chi connectivity index (χ1) is 15.4. The molecule has 10 heteroatoms. The molecule has 2 N–H and O–H groups in total. The average Bonchev–Trinajstić information content (AvgIpc) is 3.19. The van der Waals surface area contributed by atoms with E-state index in [9.17, 15) is 20.3 Å². The van der Waals surface area contributed by atoms with Gasteiger partial charge in [0, 0.05) is 23.4 Å². The number of non-ortho nitro benzene ring substituents is 1. The third-order valence-corrected chi connectivity index (χ3v) is 5.15. The van der Waals surface area contributed by atoms with Crippen LogP contribution in [0.15, 0.2) is 62.4 Å². The number of rotatable bonds is 6. The first kappa shape index (κ1) is 21.3. The first-order valence-corrected chi connectivity index (χ1v) is 10.2. The molecule has 0 aliphatic carbocycles. The van der Waals surface area contributed by atoms with E-state index in [4.69, 9.17) is 9.15 Å². The van der Waals surface area contributed by atoms with E-state index in [0.717, 1.165) is 0 Å². The smallest absolute Gasteiger partial charge is 0.274 e. The second-order valence-electron chi connectivity index (χ2n) is 6.67. The number of aromatic hydroxyl groups is 2. The van der Waals surface area contributed by atoms with E-state index in [1.54, 1.807) is 37.3 Å². The molecule has 32 heavy (non-hydrogen) atoms. The van der Waals surface area contributed by atoms with Gasteiger partial charge in [0.2, 0.25) is 5.89 Å². The summed E-state index contributed by atoms with van der Waals surface area (Å²) >= 11 is 3.27. The van der Waals surface area contributed by atoms with Gasteiger partial charge < -0.3 is 19.4 Å². The van der Waals surface area contributed by atoms with Gasteiger partial charge >= 0.3 is 0 Å². The van der Waals surface area contributed by atoms with E-state index in [-0.39, 0.29) is 35.1 Å². The molecule has 1 heterocycles. The molecule has 0 radical (unpaired) electrons. The number of oxazole rings is 1. The number of aliphatic imine (C=N–C) groups is 1. The Morgan fingerprint density at radius 2 is 2.03 bits per heavy atom. The number of phenols is 2. The lowest BCUT2D eigenvalue weighted by molar-refractivity contribution is -0.385. The summed E-state index contributed by atoms with van der Waals surface area (Å²) in [6.07, 6.45) is 1.32. The molecule has 4 rings (SSSR count). The summed E-state index contributed by atoms with van der Waals surface area (Å²) in [5.74, 6) is 0.265. The zero-order valence-electron chi connectivity index (χ0n) is 16.7. The minimum absolute atomic E-state index is 0.0137. The van der Waals surface area contributed by atoms with Crippen molar-refractivity contribution < 1.29 is 24.3 Å². The first-order valence-electron chi connectivity index (χ1n) is 9.43. The molecule has 0 fully saturated rings. The topological polar surface area (TPSA) is 131 Å². The van der Waals surface area contributed by atoms with Gasteiger partial charge in [-0.25, -0.2) is 4.98 Å². The van der Waals surface area contributed by atoms with Crippen LogP contribution in [0, 0.1) is 10.1 Å². The Morgan fingerprint density at radius 3 is 2.75 bits per heavy atom. The van der Waals surface area contributed by atoms with Crippen molar-refractivity contribution in [2.45, 2.75) is 6.92 Å². The van der Waals surface area contributed by atoms with Gasteiger partial charge in [-0.2, -0.15) is 0 Å². The average molecular weight is 498 g/mol. The van der Waals surface area contributed by atoms with Gasteiger partial charge in [0.05, 0.1) is 27.8 Å². The third kappa shape index (κ3) is 4.26. The maximum absolute atomic E-state index is 11.2. The summed E-state index contributed by atoms with van der Waals surface area (Å²) in [5.41, 5.74) is 2.22. The molecule has 9 nitrogen and oxygen atoms in total. The summed E-state index contributed by atoms with van der Waals surface area (Å²) in [6, 6.07) is 12.4. The Balaban J connectivity index is 1.67. The van der Waals surface area contributed by atoms with E-state index in [0.29, 0.717) is 32.7 Å². The Morgan fingerprint density at radius 1 is 1.22 bits per heavy atom.